The molecule has 1 saturated heterocycles. The third-order valence-corrected chi connectivity index (χ3v) is 5.76. The molecule has 1 aromatic rings. The number of hydrogen-bond acceptors (Lipinski definition) is 6. The molecular weight excluding hydrogens is 390 g/mol. The van der Waals surface area contributed by atoms with Gasteiger partial charge in [-0.15, -0.1) is 0 Å². The Morgan fingerprint density at radius 3 is 2.73 bits per heavy atom. The number of aryl methyl sites for hydroxylation is 1. The smallest absolute Gasteiger partial charge is 0.346 e. The number of aromatic nitrogens is 3. The van der Waals surface area contributed by atoms with Gasteiger partial charge >= 0.3 is 11.7 Å². The number of carbonyl (C=O) groups excluding carboxylic acids is 3. The number of rotatable bonds is 6. The first kappa shape index (κ1) is 22.0. The van der Waals surface area contributed by atoms with Crippen molar-refractivity contribution in [2.45, 2.75) is 58.5 Å². The second-order valence-corrected chi connectivity index (χ2v) is 8.00. The summed E-state index contributed by atoms with van der Waals surface area (Å²) in [6, 6.07) is 0. The van der Waals surface area contributed by atoms with Gasteiger partial charge in [-0.1, -0.05) is 6.42 Å². The molecule has 2 aliphatic rings. The molecule has 166 valence electrons. The molecule has 0 aliphatic carbocycles. The van der Waals surface area contributed by atoms with E-state index >= 15 is 0 Å². The van der Waals surface area contributed by atoms with E-state index in [9.17, 15) is 19.2 Å². The van der Waals surface area contributed by atoms with Crippen molar-refractivity contribution < 1.29 is 19.1 Å². The molecule has 1 fully saturated rings. The molecule has 1 unspecified atom stereocenters. The molecule has 0 N–H and O–H groups in total. The fourth-order valence-corrected chi connectivity index (χ4v) is 4.02. The van der Waals surface area contributed by atoms with Crippen molar-refractivity contribution in [1.82, 2.24) is 24.1 Å². The summed E-state index contributed by atoms with van der Waals surface area (Å²) >= 11 is 0. The quantitative estimate of drug-likeness (QED) is 0.600. The van der Waals surface area contributed by atoms with Gasteiger partial charge in [-0.05, 0) is 32.6 Å². The second-order valence-electron chi connectivity index (χ2n) is 8.00. The zero-order chi connectivity index (χ0) is 21.7. The predicted molar refractivity (Wildman–Crippen MR) is 108 cm³/mol. The van der Waals surface area contributed by atoms with Gasteiger partial charge in [0.05, 0.1) is 19.1 Å². The number of piperidine rings is 1. The Morgan fingerprint density at radius 2 is 1.97 bits per heavy atom. The van der Waals surface area contributed by atoms with Gasteiger partial charge < -0.3 is 14.5 Å². The SMILES string of the molecule is CCOC(=O)C1CCCN(C(=O)CN(C)C(=O)Cn2nc3n(c2=O)CCCCC3)C1. The number of carbonyl (C=O) groups is 3. The number of fused-ring (bicyclic) bond motifs is 1. The van der Waals surface area contributed by atoms with Crippen molar-refractivity contribution in [3.8, 4) is 0 Å². The summed E-state index contributed by atoms with van der Waals surface area (Å²) < 4.78 is 7.91. The van der Waals surface area contributed by atoms with Gasteiger partial charge in [0.25, 0.3) is 0 Å². The molecular formula is C20H31N5O5. The first-order valence-corrected chi connectivity index (χ1v) is 10.8. The van der Waals surface area contributed by atoms with E-state index in [-0.39, 0.29) is 42.5 Å². The number of nitrogens with zero attached hydrogens (tertiary/aromatic N) is 5. The summed E-state index contributed by atoms with van der Waals surface area (Å²) in [7, 11) is 1.54. The molecule has 0 radical (unpaired) electrons. The van der Waals surface area contributed by atoms with Gasteiger partial charge in [-0.25, -0.2) is 9.48 Å². The van der Waals surface area contributed by atoms with E-state index in [1.807, 2.05) is 0 Å². The Morgan fingerprint density at radius 1 is 1.17 bits per heavy atom. The summed E-state index contributed by atoms with van der Waals surface area (Å²) in [5.41, 5.74) is -0.270. The Balaban J connectivity index is 1.56. The first-order valence-electron chi connectivity index (χ1n) is 10.8. The van der Waals surface area contributed by atoms with Gasteiger partial charge in [0.1, 0.15) is 12.4 Å². The topological polar surface area (TPSA) is 107 Å². The van der Waals surface area contributed by atoms with Crippen LogP contribution < -0.4 is 5.69 Å². The van der Waals surface area contributed by atoms with Crippen LogP contribution in [0.4, 0.5) is 0 Å². The Bertz CT molecular complexity index is 845. The maximum Gasteiger partial charge on any atom is 0.346 e. The standard InChI is InChI=1S/C20H31N5O5/c1-3-30-19(28)15-8-7-10-23(12-15)18(27)13-22(2)17(26)14-25-20(29)24-11-6-4-5-9-16(24)21-25/h15H,3-14H2,1-2H3. The molecule has 3 heterocycles. The van der Waals surface area contributed by atoms with Crippen molar-refractivity contribution in [3.63, 3.8) is 0 Å². The minimum absolute atomic E-state index is 0.101. The molecule has 10 heteroatoms. The van der Waals surface area contributed by atoms with Crippen LogP contribution >= 0.6 is 0 Å². The molecule has 0 aromatic carbocycles. The lowest BCUT2D eigenvalue weighted by atomic mass is 9.98. The van der Waals surface area contributed by atoms with E-state index in [0.29, 0.717) is 32.7 Å². The Labute approximate surface area is 175 Å². The summed E-state index contributed by atoms with van der Waals surface area (Å²) in [4.78, 5) is 52.7. The average Bonchev–Trinajstić information content (AvgIpc) is 2.89. The zero-order valence-electron chi connectivity index (χ0n) is 17.8. The Kier molecular flexibility index (Phi) is 7.28. The van der Waals surface area contributed by atoms with Crippen molar-refractivity contribution in [1.29, 1.82) is 0 Å². The van der Waals surface area contributed by atoms with Gasteiger partial charge in [0, 0.05) is 33.1 Å². The van der Waals surface area contributed by atoms with E-state index in [4.69, 9.17) is 4.74 Å². The summed E-state index contributed by atoms with van der Waals surface area (Å²) in [5, 5.41) is 4.32. The van der Waals surface area contributed by atoms with Crippen LogP contribution in [0.1, 0.15) is 44.9 Å². The molecule has 2 aliphatic heterocycles. The van der Waals surface area contributed by atoms with Crippen LogP contribution in [0, 0.1) is 5.92 Å². The van der Waals surface area contributed by atoms with E-state index in [2.05, 4.69) is 5.10 Å². The molecule has 0 saturated carbocycles. The molecule has 3 rings (SSSR count). The number of ether oxygens (including phenoxy) is 1. The molecule has 0 bridgehead atoms. The van der Waals surface area contributed by atoms with Crippen LogP contribution in [0.25, 0.3) is 0 Å². The predicted octanol–water partition coefficient (Wildman–Crippen LogP) is 0.0313. The highest BCUT2D eigenvalue weighted by Gasteiger charge is 2.30. The van der Waals surface area contributed by atoms with Crippen LogP contribution in [0.2, 0.25) is 0 Å². The first-order chi connectivity index (χ1) is 14.4. The third kappa shape index (κ3) is 5.09. The van der Waals surface area contributed by atoms with Crippen molar-refractivity contribution in [2.75, 3.05) is 33.3 Å². The molecule has 2 amide bonds. The van der Waals surface area contributed by atoms with E-state index in [1.165, 1.54) is 9.58 Å². The molecule has 0 spiro atoms. The summed E-state index contributed by atoms with van der Waals surface area (Å²) in [6.45, 7) is 3.29. The minimum Gasteiger partial charge on any atom is -0.466 e. The van der Waals surface area contributed by atoms with Crippen molar-refractivity contribution in [2.24, 2.45) is 5.92 Å². The maximum absolute atomic E-state index is 12.6. The van der Waals surface area contributed by atoms with Crippen LogP contribution in [0.5, 0.6) is 0 Å². The van der Waals surface area contributed by atoms with Crippen LogP contribution in [-0.2, 0) is 38.6 Å². The molecule has 1 aromatic heterocycles. The number of likely N-dealkylation sites (tertiary alicyclic amines) is 1. The van der Waals surface area contributed by atoms with E-state index in [1.54, 1.807) is 23.4 Å². The largest absolute Gasteiger partial charge is 0.466 e. The molecule has 1 atom stereocenters. The maximum atomic E-state index is 12.6. The van der Waals surface area contributed by atoms with Gasteiger partial charge in [0.2, 0.25) is 11.8 Å². The molecule has 10 nitrogen and oxygen atoms in total. The fraction of sp³-hybridized carbons (Fsp3) is 0.750. The fourth-order valence-electron chi connectivity index (χ4n) is 4.02. The number of likely N-dealkylation sites (N-methyl/N-ethyl adjacent to an activating group) is 1. The zero-order valence-corrected chi connectivity index (χ0v) is 17.8. The van der Waals surface area contributed by atoms with Crippen LogP contribution in [0.15, 0.2) is 4.79 Å². The lowest BCUT2D eigenvalue weighted by Gasteiger charge is -2.32. The third-order valence-electron chi connectivity index (χ3n) is 5.76. The van der Waals surface area contributed by atoms with Crippen LogP contribution in [0.3, 0.4) is 0 Å². The van der Waals surface area contributed by atoms with E-state index < -0.39 is 0 Å². The van der Waals surface area contributed by atoms with Crippen LogP contribution in [-0.4, -0.2) is 75.2 Å². The number of amides is 2. The van der Waals surface area contributed by atoms with Gasteiger partial charge in [-0.2, -0.15) is 5.10 Å². The lowest BCUT2D eigenvalue weighted by Crippen LogP contribution is -2.47. The second kappa shape index (κ2) is 9.90. The van der Waals surface area contributed by atoms with Crippen molar-refractivity contribution in [3.05, 3.63) is 16.3 Å². The highest BCUT2D eigenvalue weighted by Crippen LogP contribution is 2.18. The minimum atomic E-state index is -0.349. The highest BCUT2D eigenvalue weighted by atomic mass is 16.5. The van der Waals surface area contributed by atoms with Gasteiger partial charge in [-0.3, -0.25) is 19.0 Å². The van der Waals surface area contributed by atoms with Crippen molar-refractivity contribution >= 4 is 17.8 Å². The molecule has 30 heavy (non-hydrogen) atoms. The van der Waals surface area contributed by atoms with E-state index in [0.717, 1.165) is 37.9 Å². The monoisotopic (exact) mass is 421 g/mol. The lowest BCUT2D eigenvalue weighted by molar-refractivity contribution is -0.152. The van der Waals surface area contributed by atoms with Gasteiger partial charge in [0.15, 0.2) is 0 Å². The Hall–Kier alpha value is -2.65. The highest BCUT2D eigenvalue weighted by molar-refractivity contribution is 5.85. The number of hydrogen-bond donors (Lipinski definition) is 0. The normalized spacial score (nSPS) is 19.0. The summed E-state index contributed by atoms with van der Waals surface area (Å²) in [6.07, 6.45) is 5.15. The average molecular weight is 421 g/mol. The number of esters is 1. The summed E-state index contributed by atoms with van der Waals surface area (Å²) in [5.74, 6) is -0.436.